The van der Waals surface area contributed by atoms with Crippen molar-refractivity contribution >= 4 is 5.95 Å². The number of rotatable bonds is 2. The molecule has 0 N–H and O–H groups in total. The zero-order chi connectivity index (χ0) is 17.5. The van der Waals surface area contributed by atoms with Crippen LogP contribution in [0.15, 0.2) is 12.4 Å². The van der Waals surface area contributed by atoms with Crippen LogP contribution in [0.4, 0.5) is 5.95 Å². The van der Waals surface area contributed by atoms with Gasteiger partial charge in [0.25, 0.3) is 0 Å². The van der Waals surface area contributed by atoms with Crippen LogP contribution in [0.2, 0.25) is 0 Å². The molecule has 4 heteroatoms. The second kappa shape index (κ2) is 14.8. The molecule has 0 saturated carbocycles. The van der Waals surface area contributed by atoms with E-state index in [0.717, 1.165) is 24.6 Å². The second-order valence-corrected chi connectivity index (χ2v) is 4.74. The molecule has 0 radical (unpaired) electrons. The van der Waals surface area contributed by atoms with Crippen molar-refractivity contribution in [2.75, 3.05) is 32.1 Å². The molecule has 0 atom stereocenters. The fourth-order valence-corrected chi connectivity index (χ4v) is 2.13. The van der Waals surface area contributed by atoms with Crippen molar-refractivity contribution in [2.45, 2.75) is 67.3 Å². The molecule has 0 amide bonds. The Balaban J connectivity index is 0. The average molecular weight is 311 g/mol. The topological polar surface area (TPSA) is 32.3 Å². The number of hydrogen-bond acceptors (Lipinski definition) is 4. The maximum atomic E-state index is 4.37. The van der Waals surface area contributed by atoms with E-state index in [2.05, 4.69) is 33.9 Å². The van der Waals surface area contributed by atoms with Crippen molar-refractivity contribution < 1.29 is 0 Å². The molecule has 2 rings (SSSR count). The van der Waals surface area contributed by atoms with Gasteiger partial charge in [-0.15, -0.1) is 0 Å². The summed E-state index contributed by atoms with van der Waals surface area (Å²) in [6.45, 7) is 16.1. The number of hydrogen-bond donors (Lipinski definition) is 0. The highest BCUT2D eigenvalue weighted by molar-refractivity contribution is 5.30. The minimum Gasteiger partial charge on any atom is -0.341 e. The molecule has 4 nitrogen and oxygen atoms in total. The van der Waals surface area contributed by atoms with Gasteiger partial charge in [-0.25, -0.2) is 9.97 Å². The lowest BCUT2D eigenvalue weighted by atomic mass is 10.0. The summed E-state index contributed by atoms with van der Waals surface area (Å²) < 4.78 is 0. The number of piperidine rings is 1. The summed E-state index contributed by atoms with van der Waals surface area (Å²) >= 11 is 0. The third-order valence-electron chi connectivity index (χ3n) is 3.24. The number of aromatic nitrogens is 2. The van der Waals surface area contributed by atoms with Gasteiger partial charge < -0.3 is 9.80 Å². The minimum absolute atomic E-state index is 0.710. The minimum atomic E-state index is 0.710. The monoisotopic (exact) mass is 310 g/mol. The first-order valence-electron chi connectivity index (χ1n) is 8.87. The van der Waals surface area contributed by atoms with Crippen molar-refractivity contribution in [3.05, 3.63) is 18.0 Å². The molecule has 2 heterocycles. The fraction of sp³-hybridized carbons (Fsp3) is 0.778. The molecule has 1 aliphatic rings. The van der Waals surface area contributed by atoms with Gasteiger partial charge in [-0.1, -0.05) is 41.5 Å². The number of nitrogens with zero attached hydrogens (tertiary/aromatic N) is 4. The van der Waals surface area contributed by atoms with Gasteiger partial charge in [0.15, 0.2) is 0 Å². The van der Waals surface area contributed by atoms with Gasteiger partial charge in [0.1, 0.15) is 0 Å². The second-order valence-electron chi connectivity index (χ2n) is 4.74. The quantitative estimate of drug-likeness (QED) is 0.810. The highest BCUT2D eigenvalue weighted by Gasteiger charge is 2.21. The Morgan fingerprint density at radius 2 is 1.32 bits per heavy atom. The molecule has 130 valence electrons. The van der Waals surface area contributed by atoms with Gasteiger partial charge in [-0.3, -0.25) is 0 Å². The number of anilines is 1. The third-order valence-corrected chi connectivity index (χ3v) is 3.24. The van der Waals surface area contributed by atoms with Crippen molar-refractivity contribution in [2.24, 2.45) is 0 Å². The van der Waals surface area contributed by atoms with Crippen LogP contribution in [0.1, 0.15) is 59.9 Å². The first kappa shape index (κ1) is 23.1. The summed E-state index contributed by atoms with van der Waals surface area (Å²) in [7, 11) is 4.31. The van der Waals surface area contributed by atoms with E-state index >= 15 is 0 Å². The Kier molecular flexibility index (Phi) is 15.5. The molecule has 0 spiro atoms. The summed E-state index contributed by atoms with van der Waals surface area (Å²) in [6.07, 6.45) is 6.18. The van der Waals surface area contributed by atoms with Gasteiger partial charge in [0, 0.05) is 31.5 Å². The Morgan fingerprint density at radius 1 is 0.909 bits per heavy atom. The van der Waals surface area contributed by atoms with Crippen LogP contribution in [-0.4, -0.2) is 48.1 Å². The van der Waals surface area contributed by atoms with Crippen LogP contribution in [-0.2, 0) is 0 Å². The van der Waals surface area contributed by atoms with Crippen LogP contribution < -0.4 is 4.90 Å². The molecular weight excluding hydrogens is 272 g/mol. The van der Waals surface area contributed by atoms with Crippen LogP contribution >= 0.6 is 0 Å². The molecule has 1 aromatic heterocycles. The van der Waals surface area contributed by atoms with Gasteiger partial charge in [0.2, 0.25) is 5.95 Å². The summed E-state index contributed by atoms with van der Waals surface area (Å²) in [5, 5.41) is 0. The van der Waals surface area contributed by atoms with E-state index in [1.54, 1.807) is 0 Å². The molecule has 0 aromatic carbocycles. The van der Waals surface area contributed by atoms with Crippen LogP contribution in [0.25, 0.3) is 0 Å². The van der Waals surface area contributed by atoms with Gasteiger partial charge in [0.05, 0.1) is 0 Å². The maximum Gasteiger partial charge on any atom is 0.225 e. The summed E-state index contributed by atoms with van der Waals surface area (Å²) in [5.74, 6) is 0.878. The maximum absolute atomic E-state index is 4.37. The average Bonchev–Trinajstić information content (AvgIpc) is 2.61. The summed E-state index contributed by atoms with van der Waals surface area (Å²) in [6, 6.07) is 0.710. The van der Waals surface area contributed by atoms with Crippen LogP contribution in [0, 0.1) is 6.92 Å². The lowest BCUT2D eigenvalue weighted by Crippen LogP contribution is -2.42. The SMILES string of the molecule is CC.CC.CC.Cc1cnc(N2CCC(N(C)C)CC2)nc1. The lowest BCUT2D eigenvalue weighted by molar-refractivity contribution is 0.249. The highest BCUT2D eigenvalue weighted by Crippen LogP contribution is 2.17. The van der Waals surface area contributed by atoms with Gasteiger partial charge in [-0.2, -0.15) is 0 Å². The van der Waals surface area contributed by atoms with E-state index in [4.69, 9.17) is 0 Å². The van der Waals surface area contributed by atoms with Crippen LogP contribution in [0.5, 0.6) is 0 Å². The molecule has 1 aliphatic heterocycles. The standard InChI is InChI=1S/C12H20N4.3C2H6/c1-10-8-13-12(14-9-10)16-6-4-11(5-7-16)15(2)3;3*1-2/h8-9,11H,4-7H2,1-3H3;3*1-2H3. The third kappa shape index (κ3) is 8.32. The molecule has 0 bridgehead atoms. The molecule has 1 aromatic rings. The largest absolute Gasteiger partial charge is 0.341 e. The summed E-state index contributed by atoms with van der Waals surface area (Å²) in [4.78, 5) is 13.3. The Hall–Kier alpha value is -1.16. The fourth-order valence-electron chi connectivity index (χ4n) is 2.13. The first-order chi connectivity index (χ1) is 10.7. The zero-order valence-corrected chi connectivity index (χ0v) is 16.3. The first-order valence-corrected chi connectivity index (χ1v) is 8.87. The molecule has 1 fully saturated rings. The Morgan fingerprint density at radius 3 is 1.68 bits per heavy atom. The van der Waals surface area contributed by atoms with Crippen LogP contribution in [0.3, 0.4) is 0 Å². The molecule has 1 saturated heterocycles. The van der Waals surface area contributed by atoms with Gasteiger partial charge >= 0.3 is 0 Å². The van der Waals surface area contributed by atoms with Crippen molar-refractivity contribution in [3.8, 4) is 0 Å². The predicted molar refractivity (Wildman–Crippen MR) is 99.7 cm³/mol. The van der Waals surface area contributed by atoms with E-state index in [1.807, 2.05) is 60.9 Å². The zero-order valence-electron chi connectivity index (χ0n) is 16.3. The molecule has 22 heavy (non-hydrogen) atoms. The number of aryl methyl sites for hydroxylation is 1. The van der Waals surface area contributed by atoms with E-state index in [1.165, 1.54) is 12.8 Å². The van der Waals surface area contributed by atoms with E-state index in [9.17, 15) is 0 Å². The lowest BCUT2D eigenvalue weighted by Gasteiger charge is -2.35. The highest BCUT2D eigenvalue weighted by atomic mass is 15.3. The van der Waals surface area contributed by atoms with E-state index < -0.39 is 0 Å². The smallest absolute Gasteiger partial charge is 0.225 e. The normalized spacial score (nSPS) is 14.0. The molecular formula is C18H38N4. The summed E-state index contributed by atoms with van der Waals surface area (Å²) in [5.41, 5.74) is 1.12. The molecule has 0 aliphatic carbocycles. The predicted octanol–water partition coefficient (Wildman–Crippen LogP) is 4.39. The van der Waals surface area contributed by atoms with Crippen molar-refractivity contribution in [1.82, 2.24) is 14.9 Å². The van der Waals surface area contributed by atoms with Crippen molar-refractivity contribution in [3.63, 3.8) is 0 Å². The van der Waals surface area contributed by atoms with Gasteiger partial charge in [-0.05, 0) is 39.4 Å². The molecule has 0 unspecified atom stereocenters. The van der Waals surface area contributed by atoms with E-state index in [-0.39, 0.29) is 0 Å². The van der Waals surface area contributed by atoms with E-state index in [0.29, 0.717) is 6.04 Å². The van der Waals surface area contributed by atoms with Crippen molar-refractivity contribution in [1.29, 1.82) is 0 Å². The Bertz CT molecular complexity index is 327. The Labute approximate surface area is 139 Å².